The Balaban J connectivity index is 4.75. The monoisotopic (exact) mass is 169 g/mol. The lowest BCUT2D eigenvalue weighted by molar-refractivity contribution is -0.140. The van der Waals surface area contributed by atoms with Crippen molar-refractivity contribution in [2.24, 2.45) is 5.73 Å². The number of nitrogens with two attached hydrogens (primary N) is 1. The summed E-state index contributed by atoms with van der Waals surface area (Å²) in [4.78, 5) is 26.7. The number of carboxylic acid groups (broad SMARTS) is 1. The van der Waals surface area contributed by atoms with E-state index in [9.17, 15) is 9.36 Å². The molecule has 1 unspecified atom stereocenters. The van der Waals surface area contributed by atoms with Crippen LogP contribution in [0.15, 0.2) is 0 Å². The Kier molecular flexibility index (Phi) is 2.22. The average Bonchev–Trinajstić information content (AvgIpc) is 1.62. The summed E-state index contributed by atoms with van der Waals surface area (Å²) in [7, 11) is -4.75. The van der Waals surface area contributed by atoms with E-state index in [0.717, 1.165) is 6.92 Å². The molecule has 10 heavy (non-hydrogen) atoms. The van der Waals surface area contributed by atoms with Gasteiger partial charge in [-0.3, -0.25) is 4.57 Å². The van der Waals surface area contributed by atoms with Crippen molar-refractivity contribution in [3.8, 4) is 0 Å². The van der Waals surface area contributed by atoms with E-state index < -0.39 is 18.8 Å². The number of rotatable bonds is 2. The average molecular weight is 169 g/mol. The third-order valence-corrected chi connectivity index (χ3v) is 2.44. The van der Waals surface area contributed by atoms with Gasteiger partial charge in [-0.2, -0.15) is 0 Å². The van der Waals surface area contributed by atoms with Crippen LogP contribution in [0.4, 0.5) is 0 Å². The highest BCUT2D eigenvalue weighted by molar-refractivity contribution is 7.54. The van der Waals surface area contributed by atoms with Crippen LogP contribution in [0.1, 0.15) is 6.92 Å². The maximum absolute atomic E-state index is 10.3. The van der Waals surface area contributed by atoms with Crippen molar-refractivity contribution in [3.63, 3.8) is 0 Å². The van der Waals surface area contributed by atoms with Crippen LogP contribution < -0.4 is 5.73 Å². The van der Waals surface area contributed by atoms with Gasteiger partial charge in [0.2, 0.25) is 5.28 Å². The summed E-state index contributed by atoms with van der Waals surface area (Å²) in [6.07, 6.45) is 0. The fourth-order valence-corrected chi connectivity index (χ4v) is 0.374. The molecule has 0 aromatic carbocycles. The number of aliphatic carboxylic acids is 1. The molecule has 0 saturated carbocycles. The summed E-state index contributed by atoms with van der Waals surface area (Å²) in [5.41, 5.74) is 4.77. The summed E-state index contributed by atoms with van der Waals surface area (Å²) in [6.45, 7) is 0.760. The van der Waals surface area contributed by atoms with E-state index in [4.69, 9.17) is 20.6 Å². The molecule has 7 heteroatoms. The van der Waals surface area contributed by atoms with Gasteiger partial charge in [-0.15, -0.1) is 0 Å². The number of carbonyl (C=O) groups is 1. The van der Waals surface area contributed by atoms with E-state index in [1.165, 1.54) is 0 Å². The minimum atomic E-state index is -4.75. The van der Waals surface area contributed by atoms with Gasteiger partial charge in [0.25, 0.3) is 0 Å². The Labute approximate surface area is 56.8 Å². The third kappa shape index (κ3) is 1.54. The molecule has 0 bridgehead atoms. The molecular weight excluding hydrogens is 161 g/mol. The molecule has 0 amide bonds. The minimum Gasteiger partial charge on any atom is -0.479 e. The Bertz CT molecular complexity index is 193. The van der Waals surface area contributed by atoms with Gasteiger partial charge in [0, 0.05) is 0 Å². The Morgan fingerprint density at radius 3 is 1.90 bits per heavy atom. The van der Waals surface area contributed by atoms with Crippen molar-refractivity contribution in [2.75, 3.05) is 0 Å². The summed E-state index contributed by atoms with van der Waals surface area (Å²) in [5.74, 6) is -1.72. The van der Waals surface area contributed by atoms with Crippen LogP contribution in [0, 0.1) is 0 Å². The van der Waals surface area contributed by atoms with Crippen molar-refractivity contribution >= 4 is 13.6 Å². The summed E-state index contributed by atoms with van der Waals surface area (Å²) in [5, 5.41) is 5.68. The molecule has 0 saturated heterocycles. The second-order valence-corrected chi connectivity index (χ2v) is 4.01. The standard InChI is InChI=1S/C3H8NO5P/c1-3(4,2(5)6)10(7,8)9/h4H2,1H3,(H,5,6)(H2,7,8,9). The van der Waals surface area contributed by atoms with Crippen molar-refractivity contribution < 1.29 is 24.3 Å². The first-order valence-corrected chi connectivity index (χ1v) is 3.88. The number of hydrogen-bond donors (Lipinski definition) is 4. The van der Waals surface area contributed by atoms with Crippen molar-refractivity contribution in [3.05, 3.63) is 0 Å². The molecule has 0 fully saturated rings. The van der Waals surface area contributed by atoms with Gasteiger partial charge in [-0.1, -0.05) is 0 Å². The molecule has 5 N–H and O–H groups in total. The van der Waals surface area contributed by atoms with Crippen LogP contribution in [0.2, 0.25) is 0 Å². The van der Waals surface area contributed by atoms with Gasteiger partial charge in [0.05, 0.1) is 0 Å². The molecule has 0 aliphatic carbocycles. The Morgan fingerprint density at radius 2 is 1.90 bits per heavy atom. The van der Waals surface area contributed by atoms with Crippen LogP contribution in [-0.2, 0) is 9.36 Å². The highest BCUT2D eigenvalue weighted by Crippen LogP contribution is 2.46. The summed E-state index contributed by atoms with van der Waals surface area (Å²) < 4.78 is 10.3. The van der Waals surface area contributed by atoms with Crippen LogP contribution in [0.3, 0.4) is 0 Å². The predicted octanol–water partition coefficient (Wildman–Crippen LogP) is -1.08. The van der Waals surface area contributed by atoms with Gasteiger partial charge < -0.3 is 20.6 Å². The van der Waals surface area contributed by atoms with Gasteiger partial charge >= 0.3 is 13.6 Å². The second kappa shape index (κ2) is 2.32. The molecule has 0 aliphatic heterocycles. The minimum absolute atomic E-state index is 0.760. The normalized spacial score (nSPS) is 18.0. The SMILES string of the molecule is CC(N)(C(=O)O)P(=O)(O)O. The van der Waals surface area contributed by atoms with Gasteiger partial charge in [0.1, 0.15) is 0 Å². The smallest absolute Gasteiger partial charge is 0.356 e. The van der Waals surface area contributed by atoms with Crippen molar-refractivity contribution in [1.82, 2.24) is 0 Å². The third-order valence-electron chi connectivity index (χ3n) is 1.04. The highest BCUT2D eigenvalue weighted by atomic mass is 31.2. The van der Waals surface area contributed by atoms with Crippen molar-refractivity contribution in [1.29, 1.82) is 0 Å². The van der Waals surface area contributed by atoms with Crippen molar-refractivity contribution in [2.45, 2.75) is 12.2 Å². The lowest BCUT2D eigenvalue weighted by Gasteiger charge is -2.19. The molecule has 6 nitrogen and oxygen atoms in total. The van der Waals surface area contributed by atoms with E-state index >= 15 is 0 Å². The Hall–Kier alpha value is -0.420. The van der Waals surface area contributed by atoms with E-state index in [-0.39, 0.29) is 0 Å². The summed E-state index contributed by atoms with van der Waals surface area (Å²) >= 11 is 0. The largest absolute Gasteiger partial charge is 0.479 e. The van der Waals surface area contributed by atoms with Crippen LogP contribution >= 0.6 is 7.60 Å². The molecule has 0 heterocycles. The fourth-order valence-electron chi connectivity index (χ4n) is 0.125. The van der Waals surface area contributed by atoms with E-state index in [0.29, 0.717) is 0 Å². The topological polar surface area (TPSA) is 121 Å². The van der Waals surface area contributed by atoms with Crippen LogP contribution in [0.25, 0.3) is 0 Å². The number of carboxylic acids is 1. The zero-order valence-corrected chi connectivity index (χ0v) is 6.08. The highest BCUT2D eigenvalue weighted by Gasteiger charge is 2.45. The molecule has 0 aromatic heterocycles. The molecule has 0 aromatic rings. The van der Waals surface area contributed by atoms with E-state index in [1.54, 1.807) is 0 Å². The maximum atomic E-state index is 10.3. The maximum Gasteiger partial charge on any atom is 0.356 e. The molecular formula is C3H8NO5P. The fraction of sp³-hybridized carbons (Fsp3) is 0.667. The Morgan fingerprint density at radius 1 is 1.60 bits per heavy atom. The number of hydrogen-bond acceptors (Lipinski definition) is 3. The molecule has 0 radical (unpaired) electrons. The molecule has 60 valence electrons. The van der Waals surface area contributed by atoms with Gasteiger partial charge in [-0.05, 0) is 6.92 Å². The van der Waals surface area contributed by atoms with Crippen LogP contribution in [0.5, 0.6) is 0 Å². The molecule has 1 atom stereocenters. The summed E-state index contributed by atoms with van der Waals surface area (Å²) in [6, 6.07) is 0. The van der Waals surface area contributed by atoms with Gasteiger partial charge in [0.15, 0.2) is 0 Å². The molecule has 0 rings (SSSR count). The zero-order valence-electron chi connectivity index (χ0n) is 5.18. The van der Waals surface area contributed by atoms with Gasteiger partial charge in [-0.25, -0.2) is 4.79 Å². The zero-order chi connectivity index (χ0) is 8.58. The van der Waals surface area contributed by atoms with E-state index in [2.05, 4.69) is 0 Å². The predicted molar refractivity (Wildman–Crippen MR) is 32.3 cm³/mol. The first-order valence-electron chi connectivity index (χ1n) is 2.27. The quantitative estimate of drug-likeness (QED) is 0.390. The molecule has 0 aliphatic rings. The lowest BCUT2D eigenvalue weighted by Crippen LogP contribution is -2.44. The van der Waals surface area contributed by atoms with E-state index in [1.807, 2.05) is 0 Å². The van der Waals surface area contributed by atoms with Crippen LogP contribution in [-0.4, -0.2) is 26.1 Å². The second-order valence-electron chi connectivity index (χ2n) is 2.00. The first kappa shape index (κ1) is 9.58. The first-order chi connectivity index (χ1) is 4.19. The molecule has 0 spiro atoms. The lowest BCUT2D eigenvalue weighted by atomic mass is 10.4.